The zero-order valence-electron chi connectivity index (χ0n) is 16.0. The molecule has 13 heteroatoms. The molecule has 0 saturated carbocycles. The van der Waals surface area contributed by atoms with Crippen LogP contribution in [-0.4, -0.2) is 112 Å². The van der Waals surface area contributed by atoms with Gasteiger partial charge >= 0.3 is 0 Å². The molecule has 1 aliphatic heterocycles. The van der Waals surface area contributed by atoms with Gasteiger partial charge in [0, 0.05) is 13.1 Å². The molecule has 4 amide bonds. The van der Waals surface area contributed by atoms with E-state index in [1.165, 1.54) is 0 Å². The molecule has 166 valence electrons. The molecule has 2 atom stereocenters. The van der Waals surface area contributed by atoms with Crippen molar-refractivity contribution in [3.8, 4) is 0 Å². The summed E-state index contributed by atoms with van der Waals surface area (Å²) in [7, 11) is 0. The molecule has 13 nitrogen and oxygen atoms in total. The Kier molecular flexibility index (Phi) is 12.5. The zero-order valence-corrected chi connectivity index (χ0v) is 16.0. The van der Waals surface area contributed by atoms with Crippen LogP contribution in [0.5, 0.6) is 0 Å². The van der Waals surface area contributed by atoms with E-state index in [1.54, 1.807) is 0 Å². The zero-order chi connectivity index (χ0) is 21.5. The fourth-order valence-electron chi connectivity index (χ4n) is 2.15. The van der Waals surface area contributed by atoms with E-state index in [4.69, 9.17) is 14.2 Å². The van der Waals surface area contributed by atoms with Gasteiger partial charge in [0.05, 0.1) is 39.6 Å². The number of aliphatic hydroxyl groups is 2. The minimum atomic E-state index is -1.13. The molecule has 29 heavy (non-hydrogen) atoms. The second-order valence-electron chi connectivity index (χ2n) is 5.90. The normalized spacial score (nSPS) is 25.0. The third kappa shape index (κ3) is 10.7. The third-order valence-electron chi connectivity index (χ3n) is 3.60. The van der Waals surface area contributed by atoms with Gasteiger partial charge in [0.15, 0.2) is 0 Å². The predicted octanol–water partition coefficient (Wildman–Crippen LogP) is -4.76. The molecule has 1 heterocycles. The van der Waals surface area contributed by atoms with Crippen LogP contribution in [0.25, 0.3) is 0 Å². The van der Waals surface area contributed by atoms with Crippen molar-refractivity contribution < 1.29 is 43.6 Å². The lowest BCUT2D eigenvalue weighted by molar-refractivity contribution is -0.134. The Morgan fingerprint density at radius 3 is 1.48 bits per heavy atom. The minimum absolute atomic E-state index is 0.00204. The molecule has 0 spiro atoms. The van der Waals surface area contributed by atoms with Crippen LogP contribution in [-0.2, 0) is 33.4 Å². The highest BCUT2D eigenvalue weighted by molar-refractivity contribution is 5.88. The smallest absolute Gasteiger partial charge is 0.246 e. The van der Waals surface area contributed by atoms with Gasteiger partial charge in [0.25, 0.3) is 0 Å². The van der Waals surface area contributed by atoms with Gasteiger partial charge in [0.1, 0.15) is 25.3 Å². The van der Waals surface area contributed by atoms with Crippen LogP contribution in [0.15, 0.2) is 0 Å². The van der Waals surface area contributed by atoms with Crippen LogP contribution in [0.3, 0.4) is 0 Å². The maximum Gasteiger partial charge on any atom is 0.246 e. The first kappa shape index (κ1) is 24.7. The molecule has 1 saturated heterocycles. The predicted molar refractivity (Wildman–Crippen MR) is 96.5 cm³/mol. The van der Waals surface area contributed by atoms with E-state index in [2.05, 4.69) is 21.3 Å². The first-order chi connectivity index (χ1) is 14.0. The molecule has 0 aromatic carbocycles. The van der Waals surface area contributed by atoms with Crippen LogP contribution >= 0.6 is 0 Å². The molecular formula is C16H28N4O9. The lowest BCUT2D eigenvalue weighted by Crippen LogP contribution is -2.50. The Morgan fingerprint density at radius 2 is 1.10 bits per heavy atom. The van der Waals surface area contributed by atoms with Gasteiger partial charge in [-0.15, -0.1) is 0 Å². The van der Waals surface area contributed by atoms with Gasteiger partial charge in [-0.1, -0.05) is 0 Å². The molecule has 1 rings (SSSR count). The number of hydrogen-bond donors (Lipinski definition) is 6. The number of ether oxygens (including phenoxy) is 3. The Bertz CT molecular complexity index is 500. The maximum absolute atomic E-state index is 11.9. The van der Waals surface area contributed by atoms with Crippen molar-refractivity contribution >= 4 is 23.6 Å². The van der Waals surface area contributed by atoms with Crippen LogP contribution < -0.4 is 21.3 Å². The summed E-state index contributed by atoms with van der Waals surface area (Å²) >= 11 is 0. The Hall–Kier alpha value is -2.32. The van der Waals surface area contributed by atoms with Crippen LogP contribution in [0, 0.1) is 0 Å². The standard InChI is InChI=1S/C16H28N4O9/c21-7-11-15(25)17-1-3-27-4-2-18-16(26)12(8-22)20-14(24)10-29-6-5-28-9-13(23)19-11/h11-12,21-22H,1-10H2,(H,17,25)(H,18,26)(H,19,23)(H,20,24)/t11-,12-/m0/s1. The summed E-state index contributed by atoms with van der Waals surface area (Å²) in [6.45, 7) is -1.39. The Labute approximate surface area is 167 Å². The molecule has 0 bridgehead atoms. The number of rotatable bonds is 2. The van der Waals surface area contributed by atoms with Gasteiger partial charge in [-0.3, -0.25) is 19.2 Å². The first-order valence-electron chi connectivity index (χ1n) is 9.07. The number of nitrogens with one attached hydrogen (secondary N) is 4. The fourth-order valence-corrected chi connectivity index (χ4v) is 2.15. The average molecular weight is 420 g/mol. The highest BCUT2D eigenvalue weighted by Gasteiger charge is 2.21. The lowest BCUT2D eigenvalue weighted by Gasteiger charge is -2.16. The minimum Gasteiger partial charge on any atom is -0.394 e. The van der Waals surface area contributed by atoms with E-state index in [-0.39, 0.29) is 52.7 Å². The second kappa shape index (κ2) is 14.6. The van der Waals surface area contributed by atoms with Crippen molar-refractivity contribution in [2.75, 3.05) is 65.9 Å². The van der Waals surface area contributed by atoms with Crippen LogP contribution in [0.1, 0.15) is 0 Å². The van der Waals surface area contributed by atoms with Gasteiger partial charge in [-0.05, 0) is 0 Å². The summed E-state index contributed by atoms with van der Waals surface area (Å²) in [4.78, 5) is 47.3. The quantitative estimate of drug-likeness (QED) is 0.255. The van der Waals surface area contributed by atoms with Gasteiger partial charge in [0.2, 0.25) is 23.6 Å². The topological polar surface area (TPSA) is 185 Å². The number of amides is 4. The maximum atomic E-state index is 11.9. The molecule has 0 aromatic heterocycles. The summed E-state index contributed by atoms with van der Waals surface area (Å²) < 4.78 is 15.4. The van der Waals surface area contributed by atoms with Crippen molar-refractivity contribution in [1.82, 2.24) is 21.3 Å². The van der Waals surface area contributed by atoms with Crippen LogP contribution in [0.4, 0.5) is 0 Å². The van der Waals surface area contributed by atoms with Crippen molar-refractivity contribution in [3.63, 3.8) is 0 Å². The fraction of sp³-hybridized carbons (Fsp3) is 0.750. The summed E-state index contributed by atoms with van der Waals surface area (Å²) in [6.07, 6.45) is 0. The number of aliphatic hydroxyl groups excluding tert-OH is 2. The van der Waals surface area contributed by atoms with E-state index in [0.717, 1.165) is 0 Å². The van der Waals surface area contributed by atoms with E-state index < -0.39 is 48.9 Å². The highest BCUT2D eigenvalue weighted by atomic mass is 16.5. The van der Waals surface area contributed by atoms with Gasteiger partial charge in [-0.25, -0.2) is 0 Å². The highest BCUT2D eigenvalue weighted by Crippen LogP contribution is 1.88. The monoisotopic (exact) mass is 420 g/mol. The van der Waals surface area contributed by atoms with Gasteiger partial charge < -0.3 is 45.7 Å². The molecule has 6 N–H and O–H groups in total. The number of hydrogen-bond acceptors (Lipinski definition) is 9. The number of carbonyl (C=O) groups is 4. The summed E-state index contributed by atoms with van der Waals surface area (Å²) in [5.74, 6) is -2.37. The Morgan fingerprint density at radius 1 is 0.690 bits per heavy atom. The third-order valence-corrected chi connectivity index (χ3v) is 3.60. The summed E-state index contributed by atoms with van der Waals surface area (Å²) in [6, 6.07) is -2.26. The van der Waals surface area contributed by atoms with Crippen molar-refractivity contribution in [1.29, 1.82) is 0 Å². The Balaban J connectivity index is 2.57. The first-order valence-corrected chi connectivity index (χ1v) is 9.07. The number of carbonyl (C=O) groups excluding carboxylic acids is 4. The van der Waals surface area contributed by atoms with Crippen LogP contribution in [0.2, 0.25) is 0 Å². The summed E-state index contributed by atoms with van der Waals surface area (Å²) in [5.41, 5.74) is 0. The molecule has 0 aromatic rings. The molecule has 1 aliphatic rings. The van der Waals surface area contributed by atoms with E-state index in [0.29, 0.717) is 0 Å². The van der Waals surface area contributed by atoms with Crippen molar-refractivity contribution in [2.45, 2.75) is 12.1 Å². The largest absolute Gasteiger partial charge is 0.394 e. The average Bonchev–Trinajstić information content (AvgIpc) is 2.70. The van der Waals surface area contributed by atoms with Gasteiger partial charge in [-0.2, -0.15) is 0 Å². The molecule has 0 radical (unpaired) electrons. The van der Waals surface area contributed by atoms with Crippen molar-refractivity contribution in [3.05, 3.63) is 0 Å². The molecule has 0 unspecified atom stereocenters. The molecule has 0 aliphatic carbocycles. The SMILES string of the molecule is O=C1COCCOCC(=O)N[C@@H](CO)C(=O)NCCOCCNC(=O)[C@H](CO)N1. The van der Waals surface area contributed by atoms with E-state index in [9.17, 15) is 29.4 Å². The van der Waals surface area contributed by atoms with E-state index in [1.807, 2.05) is 0 Å². The lowest BCUT2D eigenvalue weighted by atomic mass is 10.3. The van der Waals surface area contributed by atoms with Crippen molar-refractivity contribution in [2.24, 2.45) is 0 Å². The summed E-state index contributed by atoms with van der Waals surface area (Å²) in [5, 5.41) is 28.1. The van der Waals surface area contributed by atoms with E-state index >= 15 is 0 Å². The molecule has 1 fully saturated rings. The second-order valence-corrected chi connectivity index (χ2v) is 5.90. The molecular weight excluding hydrogens is 392 g/mol.